The largest absolute Gasteiger partial charge is 0.380 e. The van der Waals surface area contributed by atoms with E-state index in [-0.39, 0.29) is 5.56 Å². The molecule has 1 aromatic heterocycles. The highest BCUT2D eigenvalue weighted by Crippen LogP contribution is 2.24. The zero-order chi connectivity index (χ0) is 12.4. The van der Waals surface area contributed by atoms with Crippen molar-refractivity contribution in [2.45, 2.75) is 12.5 Å². The Labute approximate surface area is 97.3 Å². The van der Waals surface area contributed by atoms with Gasteiger partial charge in [0.1, 0.15) is 11.9 Å². The van der Waals surface area contributed by atoms with E-state index >= 15 is 0 Å². The third-order valence-corrected chi connectivity index (χ3v) is 2.61. The van der Waals surface area contributed by atoms with E-state index < -0.39 is 12.5 Å². The van der Waals surface area contributed by atoms with Crippen molar-refractivity contribution >= 4 is 0 Å². The van der Waals surface area contributed by atoms with Crippen LogP contribution in [-0.4, -0.2) is 14.7 Å². The van der Waals surface area contributed by atoms with Gasteiger partial charge in [-0.1, -0.05) is 24.3 Å². The van der Waals surface area contributed by atoms with Crippen LogP contribution in [0.4, 0.5) is 8.78 Å². The minimum absolute atomic E-state index is 0.0548. The number of halogens is 2. The van der Waals surface area contributed by atoms with Crippen LogP contribution in [-0.2, 0) is 7.05 Å². The summed E-state index contributed by atoms with van der Waals surface area (Å²) >= 11 is 0. The summed E-state index contributed by atoms with van der Waals surface area (Å²) in [5, 5.41) is 10.0. The van der Waals surface area contributed by atoms with E-state index in [9.17, 15) is 13.9 Å². The number of aromatic nitrogens is 2. The Balaban J connectivity index is 2.26. The number of alkyl halides is 2. The van der Waals surface area contributed by atoms with Crippen molar-refractivity contribution in [2.24, 2.45) is 7.05 Å². The first-order valence-corrected chi connectivity index (χ1v) is 5.13. The highest BCUT2D eigenvalue weighted by atomic mass is 19.3. The van der Waals surface area contributed by atoms with Gasteiger partial charge < -0.3 is 9.67 Å². The van der Waals surface area contributed by atoms with Crippen LogP contribution in [0.25, 0.3) is 0 Å². The van der Waals surface area contributed by atoms with E-state index in [1.165, 1.54) is 24.3 Å². The van der Waals surface area contributed by atoms with E-state index in [4.69, 9.17) is 0 Å². The van der Waals surface area contributed by atoms with Gasteiger partial charge in [-0.15, -0.1) is 0 Å². The second-order valence-corrected chi connectivity index (χ2v) is 3.77. The van der Waals surface area contributed by atoms with Crippen molar-refractivity contribution in [1.29, 1.82) is 0 Å². The molecule has 90 valence electrons. The topological polar surface area (TPSA) is 38.0 Å². The minimum atomic E-state index is -2.49. The lowest BCUT2D eigenvalue weighted by Gasteiger charge is -2.11. The molecule has 0 radical (unpaired) electrons. The molecule has 1 unspecified atom stereocenters. The first kappa shape index (κ1) is 11.7. The number of benzene rings is 1. The Kier molecular flexibility index (Phi) is 3.19. The van der Waals surface area contributed by atoms with Crippen molar-refractivity contribution in [3.8, 4) is 0 Å². The first-order chi connectivity index (χ1) is 8.09. The van der Waals surface area contributed by atoms with Gasteiger partial charge in [0.15, 0.2) is 0 Å². The fourth-order valence-electron chi connectivity index (χ4n) is 1.61. The normalized spacial score (nSPS) is 13.0. The predicted octanol–water partition coefficient (Wildman–Crippen LogP) is 2.44. The highest BCUT2D eigenvalue weighted by molar-refractivity contribution is 5.28. The maximum atomic E-state index is 12.4. The van der Waals surface area contributed by atoms with Gasteiger partial charge in [0.05, 0.1) is 0 Å². The van der Waals surface area contributed by atoms with E-state index in [1.54, 1.807) is 24.0 Å². The third kappa shape index (κ3) is 2.34. The van der Waals surface area contributed by atoms with Crippen molar-refractivity contribution in [1.82, 2.24) is 9.55 Å². The summed E-state index contributed by atoms with van der Waals surface area (Å²) < 4.78 is 26.4. The van der Waals surface area contributed by atoms with Gasteiger partial charge in [-0.25, -0.2) is 13.8 Å². The second kappa shape index (κ2) is 4.63. The minimum Gasteiger partial charge on any atom is -0.380 e. The molecule has 1 N–H and O–H groups in total. The molecule has 3 nitrogen and oxygen atoms in total. The molecule has 0 saturated heterocycles. The summed E-state index contributed by atoms with van der Waals surface area (Å²) in [7, 11) is 1.76. The van der Waals surface area contributed by atoms with Crippen LogP contribution in [0.5, 0.6) is 0 Å². The standard InChI is InChI=1S/C12H12F2N2O/c1-16-7-6-15-12(16)10(17)8-2-4-9(5-3-8)11(13)14/h2-7,10-11,17H,1H3. The number of hydrogen-bond donors (Lipinski definition) is 1. The molecule has 1 heterocycles. The molecule has 0 aliphatic carbocycles. The van der Waals surface area contributed by atoms with Crippen molar-refractivity contribution in [3.05, 3.63) is 53.6 Å². The number of imidazole rings is 1. The fraction of sp³-hybridized carbons (Fsp3) is 0.250. The molecule has 2 rings (SSSR count). The zero-order valence-corrected chi connectivity index (χ0v) is 9.22. The first-order valence-electron chi connectivity index (χ1n) is 5.13. The number of aliphatic hydroxyl groups is 1. The lowest BCUT2D eigenvalue weighted by molar-refractivity contribution is 0.151. The molecule has 1 aromatic carbocycles. The molecule has 0 bridgehead atoms. The lowest BCUT2D eigenvalue weighted by atomic mass is 10.1. The van der Waals surface area contributed by atoms with Crippen LogP contribution in [0, 0.1) is 0 Å². The lowest BCUT2D eigenvalue weighted by Crippen LogP contribution is -2.06. The third-order valence-electron chi connectivity index (χ3n) is 2.61. The molecule has 17 heavy (non-hydrogen) atoms. The summed E-state index contributed by atoms with van der Waals surface area (Å²) in [5.41, 5.74) is 0.490. The van der Waals surface area contributed by atoms with Gasteiger partial charge in [0, 0.05) is 25.0 Å². The molecule has 2 aromatic rings. The maximum absolute atomic E-state index is 12.4. The average molecular weight is 238 g/mol. The molecule has 0 fully saturated rings. The number of nitrogens with zero attached hydrogens (tertiary/aromatic N) is 2. The molecule has 0 amide bonds. The number of aliphatic hydroxyl groups excluding tert-OH is 1. The van der Waals surface area contributed by atoms with Gasteiger partial charge in [0.2, 0.25) is 0 Å². The van der Waals surface area contributed by atoms with E-state index in [0.29, 0.717) is 11.4 Å². The van der Waals surface area contributed by atoms with Crippen molar-refractivity contribution in [2.75, 3.05) is 0 Å². The van der Waals surface area contributed by atoms with Crippen LogP contribution in [0.2, 0.25) is 0 Å². The van der Waals surface area contributed by atoms with Crippen molar-refractivity contribution in [3.63, 3.8) is 0 Å². The molecular formula is C12H12F2N2O. The van der Waals surface area contributed by atoms with Crippen LogP contribution in [0.1, 0.15) is 29.5 Å². The molecule has 0 aliphatic heterocycles. The van der Waals surface area contributed by atoms with Crippen LogP contribution in [0.15, 0.2) is 36.7 Å². The Morgan fingerprint density at radius 2 is 1.76 bits per heavy atom. The summed E-state index contributed by atoms with van der Waals surface area (Å²) in [6.45, 7) is 0. The Bertz CT molecular complexity index is 493. The Hall–Kier alpha value is -1.75. The fourth-order valence-corrected chi connectivity index (χ4v) is 1.61. The Morgan fingerprint density at radius 3 is 2.24 bits per heavy atom. The maximum Gasteiger partial charge on any atom is 0.263 e. The number of hydrogen-bond acceptors (Lipinski definition) is 2. The van der Waals surface area contributed by atoms with Crippen LogP contribution in [0.3, 0.4) is 0 Å². The number of aryl methyl sites for hydroxylation is 1. The average Bonchev–Trinajstić information content (AvgIpc) is 2.74. The van der Waals surface area contributed by atoms with Gasteiger partial charge in [-0.05, 0) is 5.56 Å². The monoisotopic (exact) mass is 238 g/mol. The van der Waals surface area contributed by atoms with E-state index in [1.807, 2.05) is 0 Å². The summed E-state index contributed by atoms with van der Waals surface area (Å²) in [6.07, 6.45) is -0.103. The van der Waals surface area contributed by atoms with E-state index in [2.05, 4.69) is 4.98 Å². The predicted molar refractivity (Wildman–Crippen MR) is 58.7 cm³/mol. The smallest absolute Gasteiger partial charge is 0.263 e. The quantitative estimate of drug-likeness (QED) is 0.891. The summed E-state index contributed by atoms with van der Waals surface area (Å²) in [4.78, 5) is 4.01. The molecule has 1 atom stereocenters. The van der Waals surface area contributed by atoms with E-state index in [0.717, 1.165) is 0 Å². The highest BCUT2D eigenvalue weighted by Gasteiger charge is 2.15. The molecular weight excluding hydrogens is 226 g/mol. The molecule has 5 heteroatoms. The number of rotatable bonds is 3. The molecule has 0 saturated carbocycles. The zero-order valence-electron chi connectivity index (χ0n) is 9.22. The molecule has 0 spiro atoms. The Morgan fingerprint density at radius 1 is 1.18 bits per heavy atom. The van der Waals surface area contributed by atoms with Gasteiger partial charge in [-0.3, -0.25) is 0 Å². The summed E-state index contributed by atoms with van der Waals surface area (Å²) in [5.74, 6) is 0.481. The second-order valence-electron chi connectivity index (χ2n) is 3.77. The summed E-state index contributed by atoms with van der Waals surface area (Å²) in [6, 6.07) is 5.60. The van der Waals surface area contributed by atoms with Gasteiger partial charge >= 0.3 is 0 Å². The molecule has 0 aliphatic rings. The van der Waals surface area contributed by atoms with Gasteiger partial charge in [-0.2, -0.15) is 0 Å². The van der Waals surface area contributed by atoms with Crippen LogP contribution >= 0.6 is 0 Å². The SMILES string of the molecule is Cn1ccnc1C(O)c1ccc(C(F)F)cc1. The van der Waals surface area contributed by atoms with Gasteiger partial charge in [0.25, 0.3) is 6.43 Å². The van der Waals surface area contributed by atoms with Crippen molar-refractivity contribution < 1.29 is 13.9 Å². The van der Waals surface area contributed by atoms with Crippen LogP contribution < -0.4 is 0 Å².